The number of alkyl halides is 3. The lowest BCUT2D eigenvalue weighted by Crippen LogP contribution is -2.52. The summed E-state index contributed by atoms with van der Waals surface area (Å²) in [7, 11) is 0. The van der Waals surface area contributed by atoms with Crippen molar-refractivity contribution < 1.29 is 18.0 Å². The van der Waals surface area contributed by atoms with E-state index in [0.717, 1.165) is 4.90 Å². The second-order valence-electron chi connectivity index (χ2n) is 5.28. The van der Waals surface area contributed by atoms with E-state index in [4.69, 9.17) is 0 Å². The lowest BCUT2D eigenvalue weighted by Gasteiger charge is -2.34. The molecule has 1 fully saturated rings. The lowest BCUT2D eigenvalue weighted by molar-refractivity contribution is -0.165. The Morgan fingerprint density at radius 2 is 2.04 bits per heavy atom. The maximum absolute atomic E-state index is 12.4. The van der Waals surface area contributed by atoms with Gasteiger partial charge in [0.2, 0.25) is 5.91 Å². The quantitative estimate of drug-likeness (QED) is 0.831. The number of thiazole rings is 1. The van der Waals surface area contributed by atoms with E-state index < -0.39 is 18.6 Å². The molecule has 1 saturated heterocycles. The van der Waals surface area contributed by atoms with Crippen molar-refractivity contribution in [2.45, 2.75) is 12.7 Å². The molecule has 0 aromatic carbocycles. The molecule has 2 aromatic heterocycles. The van der Waals surface area contributed by atoms with Gasteiger partial charge >= 0.3 is 6.18 Å². The molecule has 0 N–H and O–H groups in total. The summed E-state index contributed by atoms with van der Waals surface area (Å²) >= 11 is 1.32. The second-order valence-corrected chi connectivity index (χ2v) is 6.16. The van der Waals surface area contributed by atoms with Gasteiger partial charge in [0.05, 0.1) is 12.2 Å². The standard InChI is InChI=1S/C13H13F3N4O2S/c14-13(15,16)8-19-2-1-18(7-11(19)22)6-9-5-10(21)20-3-4-23-12(20)17-9/h3-5H,1-2,6-8H2. The molecule has 0 atom stereocenters. The zero-order valence-corrected chi connectivity index (χ0v) is 12.7. The molecule has 0 saturated carbocycles. The summed E-state index contributed by atoms with van der Waals surface area (Å²) < 4.78 is 38.5. The Morgan fingerprint density at radius 1 is 1.26 bits per heavy atom. The van der Waals surface area contributed by atoms with E-state index in [9.17, 15) is 22.8 Å². The minimum Gasteiger partial charge on any atom is -0.331 e. The molecule has 23 heavy (non-hydrogen) atoms. The Hall–Kier alpha value is -1.94. The van der Waals surface area contributed by atoms with Crippen molar-refractivity contribution in [1.82, 2.24) is 19.2 Å². The fraction of sp³-hybridized carbons (Fsp3) is 0.462. The molecule has 3 rings (SSSR count). The first-order chi connectivity index (χ1) is 10.8. The van der Waals surface area contributed by atoms with Gasteiger partial charge in [-0.1, -0.05) is 0 Å². The second kappa shape index (κ2) is 5.93. The van der Waals surface area contributed by atoms with Crippen LogP contribution >= 0.6 is 11.3 Å². The first-order valence-electron chi connectivity index (χ1n) is 6.84. The number of piperazine rings is 1. The molecule has 1 amide bonds. The van der Waals surface area contributed by atoms with Crippen LogP contribution in [0.3, 0.4) is 0 Å². The van der Waals surface area contributed by atoms with Gasteiger partial charge in [-0.15, -0.1) is 11.3 Å². The fourth-order valence-corrected chi connectivity index (χ4v) is 3.21. The van der Waals surface area contributed by atoms with Crippen molar-refractivity contribution in [3.63, 3.8) is 0 Å². The summed E-state index contributed by atoms with van der Waals surface area (Å²) in [4.78, 5) is 31.1. The number of amides is 1. The summed E-state index contributed by atoms with van der Waals surface area (Å²) in [5.41, 5.74) is 0.294. The molecule has 6 nitrogen and oxygen atoms in total. The van der Waals surface area contributed by atoms with Crippen LogP contribution in [-0.2, 0) is 11.3 Å². The van der Waals surface area contributed by atoms with Crippen LogP contribution in [0.15, 0.2) is 22.4 Å². The third-order valence-corrected chi connectivity index (χ3v) is 4.27. The van der Waals surface area contributed by atoms with E-state index >= 15 is 0 Å². The van der Waals surface area contributed by atoms with E-state index in [1.807, 2.05) is 0 Å². The monoisotopic (exact) mass is 346 g/mol. The van der Waals surface area contributed by atoms with Crippen LogP contribution in [0, 0.1) is 0 Å². The fourth-order valence-electron chi connectivity index (χ4n) is 2.47. The summed E-state index contributed by atoms with van der Waals surface area (Å²) in [6, 6.07) is 1.38. The highest BCUT2D eigenvalue weighted by atomic mass is 32.1. The summed E-state index contributed by atoms with van der Waals surface area (Å²) in [5.74, 6) is -0.567. The number of fused-ring (bicyclic) bond motifs is 1. The molecule has 0 aliphatic carbocycles. The summed E-state index contributed by atoms with van der Waals surface area (Å²) in [6.45, 7) is -0.747. The average molecular weight is 346 g/mol. The van der Waals surface area contributed by atoms with Gasteiger partial charge in [-0.2, -0.15) is 13.2 Å². The topological polar surface area (TPSA) is 57.9 Å². The summed E-state index contributed by atoms with van der Waals surface area (Å²) in [5, 5.41) is 1.74. The Bertz CT molecular complexity index is 785. The van der Waals surface area contributed by atoms with Gasteiger partial charge in [-0.25, -0.2) is 4.98 Å². The molecule has 124 valence electrons. The molecule has 0 spiro atoms. The Morgan fingerprint density at radius 3 is 2.74 bits per heavy atom. The van der Waals surface area contributed by atoms with Crippen LogP contribution in [0.5, 0.6) is 0 Å². The van der Waals surface area contributed by atoms with Crippen molar-refractivity contribution in [2.24, 2.45) is 0 Å². The normalized spacial score (nSPS) is 17.2. The molecular formula is C13H13F3N4O2S. The molecule has 0 radical (unpaired) electrons. The van der Waals surface area contributed by atoms with Crippen LogP contribution in [0.4, 0.5) is 13.2 Å². The van der Waals surface area contributed by atoms with Crippen molar-refractivity contribution in [3.8, 4) is 0 Å². The minimum atomic E-state index is -4.39. The first-order valence-corrected chi connectivity index (χ1v) is 7.72. The first kappa shape index (κ1) is 15.9. The SMILES string of the molecule is O=C1CN(Cc2cc(=O)n3ccsc3n2)CCN1CC(F)(F)F. The highest BCUT2D eigenvalue weighted by Crippen LogP contribution is 2.18. The van der Waals surface area contributed by atoms with E-state index in [1.165, 1.54) is 21.8 Å². The van der Waals surface area contributed by atoms with E-state index in [0.29, 0.717) is 17.2 Å². The van der Waals surface area contributed by atoms with Crippen LogP contribution in [0.1, 0.15) is 5.69 Å². The van der Waals surface area contributed by atoms with Crippen molar-refractivity contribution >= 4 is 22.2 Å². The molecule has 0 unspecified atom stereocenters. The van der Waals surface area contributed by atoms with Crippen LogP contribution in [-0.4, -0.2) is 57.4 Å². The highest BCUT2D eigenvalue weighted by molar-refractivity contribution is 7.15. The molecular weight excluding hydrogens is 333 g/mol. The predicted octanol–water partition coefficient (Wildman–Crippen LogP) is 0.962. The zero-order valence-electron chi connectivity index (χ0n) is 11.9. The van der Waals surface area contributed by atoms with Gasteiger partial charge in [0.15, 0.2) is 4.96 Å². The Balaban J connectivity index is 1.67. The van der Waals surface area contributed by atoms with Crippen molar-refractivity contribution in [1.29, 1.82) is 0 Å². The van der Waals surface area contributed by atoms with Gasteiger partial charge < -0.3 is 4.90 Å². The van der Waals surface area contributed by atoms with Crippen LogP contribution in [0.25, 0.3) is 4.96 Å². The largest absolute Gasteiger partial charge is 0.406 e. The summed E-state index contributed by atoms with van der Waals surface area (Å²) in [6.07, 6.45) is -2.77. The maximum atomic E-state index is 12.4. The molecule has 1 aliphatic heterocycles. The molecule has 10 heteroatoms. The van der Waals surface area contributed by atoms with Gasteiger partial charge in [0.25, 0.3) is 5.56 Å². The van der Waals surface area contributed by atoms with Crippen LogP contribution < -0.4 is 5.56 Å². The lowest BCUT2D eigenvalue weighted by atomic mass is 10.2. The third-order valence-electron chi connectivity index (χ3n) is 3.51. The molecule has 0 bridgehead atoms. The highest BCUT2D eigenvalue weighted by Gasteiger charge is 2.35. The number of halogens is 3. The van der Waals surface area contributed by atoms with Crippen molar-refractivity contribution in [2.75, 3.05) is 26.2 Å². The number of carbonyl (C=O) groups is 1. The number of nitrogens with zero attached hydrogens (tertiary/aromatic N) is 4. The Kier molecular flexibility index (Phi) is 4.11. The van der Waals surface area contributed by atoms with E-state index in [-0.39, 0.29) is 25.2 Å². The molecule has 2 aromatic rings. The Labute approximate surface area is 132 Å². The number of aromatic nitrogens is 2. The maximum Gasteiger partial charge on any atom is 0.406 e. The van der Waals surface area contributed by atoms with Gasteiger partial charge in [-0.3, -0.25) is 18.9 Å². The van der Waals surface area contributed by atoms with Gasteiger partial charge in [-0.05, 0) is 0 Å². The molecule has 1 aliphatic rings. The number of rotatable bonds is 3. The minimum absolute atomic E-state index is 0.0125. The van der Waals surface area contributed by atoms with Crippen molar-refractivity contribution in [3.05, 3.63) is 33.7 Å². The average Bonchev–Trinajstić information content (AvgIpc) is 2.89. The van der Waals surface area contributed by atoms with Gasteiger partial charge in [0.1, 0.15) is 6.54 Å². The third kappa shape index (κ3) is 3.70. The number of carbonyl (C=O) groups excluding carboxylic acids is 1. The molecule has 3 heterocycles. The smallest absolute Gasteiger partial charge is 0.331 e. The number of hydrogen-bond donors (Lipinski definition) is 0. The van der Waals surface area contributed by atoms with E-state index in [2.05, 4.69) is 4.98 Å². The van der Waals surface area contributed by atoms with E-state index in [1.54, 1.807) is 16.5 Å². The zero-order chi connectivity index (χ0) is 16.6. The van der Waals surface area contributed by atoms with Crippen LogP contribution in [0.2, 0.25) is 0 Å². The number of hydrogen-bond acceptors (Lipinski definition) is 5. The predicted molar refractivity (Wildman–Crippen MR) is 77.3 cm³/mol. The van der Waals surface area contributed by atoms with Gasteiger partial charge in [0, 0.05) is 37.3 Å².